The van der Waals surface area contributed by atoms with Crippen molar-refractivity contribution in [3.05, 3.63) is 24.5 Å². The molecule has 0 fully saturated rings. The Morgan fingerprint density at radius 2 is 1.65 bits per heavy atom. The summed E-state index contributed by atoms with van der Waals surface area (Å²) in [5.74, 6) is 0. The third kappa shape index (κ3) is 2.75. The molecule has 2 heterocycles. The predicted molar refractivity (Wildman–Crippen MR) is 92.5 cm³/mol. The normalized spacial score (nSPS) is 13.7. The molecule has 0 aliphatic rings. The second-order valence-electron chi connectivity index (χ2n) is 6.57. The summed E-state index contributed by atoms with van der Waals surface area (Å²) in [6.07, 6.45) is 4.10. The first kappa shape index (κ1) is 15.8. The van der Waals surface area contributed by atoms with Gasteiger partial charge in [-0.2, -0.15) is 0 Å². The molecule has 4 heteroatoms. The van der Waals surface area contributed by atoms with Crippen LogP contribution in [0.5, 0.6) is 0 Å². The van der Waals surface area contributed by atoms with E-state index in [9.17, 15) is 0 Å². The fraction of sp³-hybridized carbons (Fsp3) is 0.562. The molecule has 0 saturated carbocycles. The minimum absolute atomic E-state index is 0.235. The number of fused-ring (bicyclic) bond motifs is 1. The molecule has 0 aliphatic heterocycles. The molecular formula is C16H26AsN2Si. The van der Waals surface area contributed by atoms with Gasteiger partial charge in [0.15, 0.2) is 0 Å². The van der Waals surface area contributed by atoms with Gasteiger partial charge in [0.25, 0.3) is 0 Å². The molecule has 0 atom stereocenters. The van der Waals surface area contributed by atoms with Crippen LogP contribution < -0.4 is 4.35 Å². The third-order valence-electron chi connectivity index (χ3n) is 4.48. The van der Waals surface area contributed by atoms with E-state index in [0.29, 0.717) is 0 Å². The number of hydrogen-bond acceptors (Lipinski definition) is 1. The van der Waals surface area contributed by atoms with Gasteiger partial charge in [-0.3, -0.25) is 0 Å². The zero-order valence-electron chi connectivity index (χ0n) is 13.4. The topological polar surface area (TPSA) is 28.7 Å². The van der Waals surface area contributed by atoms with Crippen molar-refractivity contribution in [1.82, 2.24) is 9.97 Å². The first-order valence-corrected chi connectivity index (χ1v) is 13.5. The molecule has 2 aromatic heterocycles. The maximum atomic E-state index is 4.59. The van der Waals surface area contributed by atoms with Crippen LogP contribution in [0.25, 0.3) is 11.0 Å². The molecule has 0 aliphatic carbocycles. The molecular weight excluding hydrogens is 323 g/mol. The van der Waals surface area contributed by atoms with Crippen LogP contribution in [0, 0.1) is 0 Å². The molecule has 2 aromatic rings. The molecule has 1 radical (unpaired) electrons. The molecule has 0 amide bonds. The zero-order chi connectivity index (χ0) is 14.9. The molecule has 109 valence electrons. The van der Waals surface area contributed by atoms with Crippen molar-refractivity contribution >= 4 is 37.0 Å². The quantitative estimate of drug-likeness (QED) is 0.810. The van der Waals surface area contributed by atoms with E-state index in [1.807, 2.05) is 6.20 Å². The first-order valence-electron chi connectivity index (χ1n) is 7.54. The Morgan fingerprint density at radius 3 is 2.20 bits per heavy atom. The van der Waals surface area contributed by atoms with Gasteiger partial charge in [0.05, 0.1) is 0 Å². The summed E-state index contributed by atoms with van der Waals surface area (Å²) in [5.41, 5.74) is 3.53. The van der Waals surface area contributed by atoms with E-state index in [1.54, 1.807) is 0 Å². The summed E-state index contributed by atoms with van der Waals surface area (Å²) < 4.78 is 1.51. The van der Waals surface area contributed by atoms with Gasteiger partial charge in [-0.15, -0.1) is 0 Å². The average molecular weight is 349 g/mol. The van der Waals surface area contributed by atoms with Gasteiger partial charge in [0.2, 0.25) is 0 Å². The fourth-order valence-electron chi connectivity index (χ4n) is 3.60. The Morgan fingerprint density at radius 1 is 1.05 bits per heavy atom. The van der Waals surface area contributed by atoms with E-state index in [1.165, 1.54) is 9.74 Å². The van der Waals surface area contributed by atoms with Crippen molar-refractivity contribution in [3.63, 3.8) is 0 Å². The summed E-state index contributed by atoms with van der Waals surface area (Å²) >= 11 is 0.235. The molecule has 0 bridgehead atoms. The van der Waals surface area contributed by atoms with Crippen molar-refractivity contribution in [2.45, 2.75) is 58.2 Å². The van der Waals surface area contributed by atoms with Crippen molar-refractivity contribution in [2.24, 2.45) is 0 Å². The zero-order valence-corrected chi connectivity index (χ0v) is 16.3. The average Bonchev–Trinajstić information content (AvgIpc) is 2.81. The molecule has 1 N–H and O–H groups in total. The number of H-pyrrole nitrogens is 1. The monoisotopic (exact) mass is 349 g/mol. The van der Waals surface area contributed by atoms with E-state index in [-0.39, 0.29) is 15.1 Å². The van der Waals surface area contributed by atoms with Crippen LogP contribution in [-0.2, 0) is 0 Å². The second-order valence-corrected chi connectivity index (χ2v) is 19.4. The maximum absolute atomic E-state index is 4.59. The Kier molecular flexibility index (Phi) is 4.81. The number of hydrogen-bond donors (Lipinski definition) is 1. The van der Waals surface area contributed by atoms with Crippen molar-refractivity contribution < 1.29 is 0 Å². The molecule has 2 rings (SSSR count). The summed E-state index contributed by atoms with van der Waals surface area (Å²) in [5, 5.41) is 1.26. The Bertz CT molecular complexity index is 553. The van der Waals surface area contributed by atoms with Gasteiger partial charge in [-0.05, 0) is 0 Å². The minimum atomic E-state index is -1.29. The number of aromatic nitrogens is 2. The Labute approximate surface area is 129 Å². The van der Waals surface area contributed by atoms with E-state index in [4.69, 9.17) is 0 Å². The SMILES string of the molecule is CC(C)[Si]([As]c1cnc2[nH]ccc2c1)(C(C)C)C(C)C. The Balaban J connectivity index is 2.40. The van der Waals surface area contributed by atoms with Crippen LogP contribution in [0.2, 0.25) is 16.6 Å². The number of nitrogens with one attached hydrogen (secondary N) is 1. The van der Waals surface area contributed by atoms with Crippen LogP contribution in [0.15, 0.2) is 24.5 Å². The van der Waals surface area contributed by atoms with E-state index < -0.39 is 6.54 Å². The van der Waals surface area contributed by atoms with Crippen molar-refractivity contribution in [3.8, 4) is 0 Å². The van der Waals surface area contributed by atoms with Gasteiger partial charge >= 0.3 is 130 Å². The summed E-state index contributed by atoms with van der Waals surface area (Å²) in [6.45, 7) is 13.4. The van der Waals surface area contributed by atoms with Crippen molar-refractivity contribution in [2.75, 3.05) is 0 Å². The number of rotatable bonds is 5. The first-order chi connectivity index (χ1) is 9.37. The van der Waals surface area contributed by atoms with E-state index in [0.717, 1.165) is 22.3 Å². The predicted octanol–water partition coefficient (Wildman–Crippen LogP) is 4.07. The van der Waals surface area contributed by atoms with E-state index >= 15 is 0 Å². The van der Waals surface area contributed by atoms with Crippen LogP contribution in [0.3, 0.4) is 0 Å². The molecule has 0 spiro atoms. The number of aromatic amines is 1. The van der Waals surface area contributed by atoms with Gasteiger partial charge in [0, 0.05) is 0 Å². The van der Waals surface area contributed by atoms with Crippen molar-refractivity contribution in [1.29, 1.82) is 0 Å². The van der Waals surface area contributed by atoms with E-state index in [2.05, 4.69) is 69.8 Å². The van der Waals surface area contributed by atoms with Crippen LogP contribution in [0.4, 0.5) is 0 Å². The molecule has 20 heavy (non-hydrogen) atoms. The Hall–Kier alpha value is -0.535. The van der Waals surface area contributed by atoms with Gasteiger partial charge in [-0.1, -0.05) is 0 Å². The second kappa shape index (κ2) is 6.07. The fourth-order valence-corrected chi connectivity index (χ4v) is 17.8. The van der Waals surface area contributed by atoms with Gasteiger partial charge in [-0.25, -0.2) is 0 Å². The third-order valence-corrected chi connectivity index (χ3v) is 25.0. The van der Waals surface area contributed by atoms with Gasteiger partial charge in [0.1, 0.15) is 0 Å². The summed E-state index contributed by atoms with van der Waals surface area (Å²) in [4.78, 5) is 7.78. The summed E-state index contributed by atoms with van der Waals surface area (Å²) in [6, 6.07) is 4.50. The van der Waals surface area contributed by atoms with Gasteiger partial charge < -0.3 is 0 Å². The summed E-state index contributed by atoms with van der Waals surface area (Å²) in [7, 11) is 0. The number of pyridine rings is 1. The van der Waals surface area contributed by atoms with Crippen LogP contribution in [-0.4, -0.2) is 31.6 Å². The van der Waals surface area contributed by atoms with Crippen LogP contribution >= 0.6 is 0 Å². The standard InChI is InChI=1S/C16H26AsN2Si/c1-11(2)20(12(3)4,13(5)6)17-15-9-14-7-8-18-16(14)19-10-15/h7-13H,1-6H3,(H,18,19). The molecule has 0 unspecified atom stereocenters. The molecule has 0 saturated heterocycles. The van der Waals surface area contributed by atoms with Crippen LogP contribution in [0.1, 0.15) is 41.5 Å². The molecule has 2 nitrogen and oxygen atoms in total. The molecule has 0 aromatic carbocycles. The number of nitrogens with zero attached hydrogens (tertiary/aromatic N) is 1.